The molecule has 31 heavy (non-hydrogen) atoms. The molecule has 2 N–H and O–H groups in total. The first-order chi connectivity index (χ1) is 15.1. The van der Waals surface area contributed by atoms with Crippen LogP contribution in [0.25, 0.3) is 0 Å². The van der Waals surface area contributed by atoms with Crippen LogP contribution in [0.15, 0.2) is 54.6 Å². The summed E-state index contributed by atoms with van der Waals surface area (Å²) < 4.78 is 0. The lowest BCUT2D eigenvalue weighted by atomic mass is 9.78. The van der Waals surface area contributed by atoms with Crippen LogP contribution in [-0.2, 0) is 16.8 Å². The van der Waals surface area contributed by atoms with E-state index in [0.717, 1.165) is 51.0 Å². The fraction of sp³-hybridized carbons (Fsp3) is 0.519. The number of phenolic OH excluding ortho intramolecular Hbond substituents is 1. The molecule has 0 bridgehead atoms. The van der Waals surface area contributed by atoms with Gasteiger partial charge in [0.25, 0.3) is 0 Å². The summed E-state index contributed by atoms with van der Waals surface area (Å²) in [5.41, 5.74) is 2.90. The smallest absolute Gasteiger partial charge is 0.223 e. The third kappa shape index (κ3) is 4.23. The second-order valence-electron chi connectivity index (χ2n) is 10.1. The predicted octanol–water partition coefficient (Wildman–Crippen LogP) is 4.62. The van der Waals surface area contributed by atoms with Crippen molar-refractivity contribution in [1.29, 1.82) is 0 Å². The van der Waals surface area contributed by atoms with Crippen LogP contribution in [0.5, 0.6) is 5.75 Å². The van der Waals surface area contributed by atoms with Gasteiger partial charge in [-0.25, -0.2) is 0 Å². The lowest BCUT2D eigenvalue weighted by Gasteiger charge is -2.33. The lowest BCUT2D eigenvalue weighted by Crippen LogP contribution is -2.41. The summed E-state index contributed by atoms with van der Waals surface area (Å²) in [6.45, 7) is 3.73. The van der Waals surface area contributed by atoms with Crippen molar-refractivity contribution in [3.8, 4) is 5.75 Å². The third-order valence-corrected chi connectivity index (χ3v) is 8.22. The first-order valence-corrected chi connectivity index (χ1v) is 11.9. The molecule has 164 valence electrons. The van der Waals surface area contributed by atoms with Crippen LogP contribution in [0.2, 0.25) is 0 Å². The molecule has 2 aromatic rings. The molecule has 0 radical (unpaired) electrons. The van der Waals surface area contributed by atoms with E-state index in [1.165, 1.54) is 31.2 Å². The van der Waals surface area contributed by atoms with Crippen LogP contribution < -0.4 is 5.32 Å². The highest BCUT2D eigenvalue weighted by Crippen LogP contribution is 2.59. The van der Waals surface area contributed by atoms with E-state index in [-0.39, 0.29) is 22.7 Å². The lowest BCUT2D eigenvalue weighted by molar-refractivity contribution is -0.123. The van der Waals surface area contributed by atoms with Crippen molar-refractivity contribution in [3.05, 3.63) is 65.7 Å². The molecule has 2 aliphatic carbocycles. The van der Waals surface area contributed by atoms with Crippen LogP contribution in [0.1, 0.15) is 56.1 Å². The third-order valence-electron chi connectivity index (χ3n) is 8.22. The number of nitrogens with one attached hydrogen (secondary N) is 1. The quantitative estimate of drug-likeness (QED) is 0.720. The van der Waals surface area contributed by atoms with E-state index >= 15 is 0 Å². The molecule has 2 saturated carbocycles. The number of rotatable bonds is 6. The molecule has 4 nitrogen and oxygen atoms in total. The fourth-order valence-electron chi connectivity index (χ4n) is 6.13. The zero-order valence-corrected chi connectivity index (χ0v) is 18.4. The molecule has 4 heteroatoms. The maximum absolute atomic E-state index is 13.1. The zero-order valence-electron chi connectivity index (χ0n) is 18.4. The summed E-state index contributed by atoms with van der Waals surface area (Å²) in [4.78, 5) is 15.5. The molecule has 3 aliphatic rings. The number of carbonyl (C=O) groups is 1. The van der Waals surface area contributed by atoms with Gasteiger partial charge in [-0.2, -0.15) is 0 Å². The molecular formula is C27H34N2O2. The van der Waals surface area contributed by atoms with Crippen molar-refractivity contribution < 1.29 is 9.90 Å². The summed E-state index contributed by atoms with van der Waals surface area (Å²) >= 11 is 0. The average Bonchev–Trinajstić information content (AvgIpc) is 3.27. The molecular weight excluding hydrogens is 384 g/mol. The monoisotopic (exact) mass is 418 g/mol. The maximum atomic E-state index is 13.1. The summed E-state index contributed by atoms with van der Waals surface area (Å²) in [7, 11) is 0. The Morgan fingerprint density at radius 2 is 1.74 bits per heavy atom. The largest absolute Gasteiger partial charge is 0.508 e. The highest BCUT2D eigenvalue weighted by Gasteiger charge is 2.58. The number of hydrogen-bond donors (Lipinski definition) is 2. The van der Waals surface area contributed by atoms with E-state index in [1.807, 2.05) is 12.1 Å². The van der Waals surface area contributed by atoms with Crippen molar-refractivity contribution in [2.24, 2.45) is 11.3 Å². The maximum Gasteiger partial charge on any atom is 0.223 e. The molecule has 0 aromatic heterocycles. The molecule has 1 atom stereocenters. The predicted molar refractivity (Wildman–Crippen MR) is 123 cm³/mol. The molecule has 1 spiro atoms. The van der Waals surface area contributed by atoms with Crippen molar-refractivity contribution in [2.75, 3.05) is 19.6 Å². The minimum absolute atomic E-state index is 0.129. The number of amides is 1. The number of nitrogens with zero attached hydrogens (tertiary/aromatic N) is 1. The number of phenols is 1. The summed E-state index contributed by atoms with van der Waals surface area (Å²) in [6.07, 6.45) is 8.13. The average molecular weight is 419 g/mol. The van der Waals surface area contributed by atoms with Gasteiger partial charge in [-0.3, -0.25) is 9.69 Å². The van der Waals surface area contributed by atoms with Crippen molar-refractivity contribution in [3.63, 3.8) is 0 Å². The second-order valence-corrected chi connectivity index (χ2v) is 10.1. The molecule has 3 fully saturated rings. The number of aromatic hydroxyl groups is 1. The summed E-state index contributed by atoms with van der Waals surface area (Å²) in [5.74, 6) is 0.814. The van der Waals surface area contributed by atoms with Crippen LogP contribution in [0.3, 0.4) is 0 Å². The molecule has 1 aliphatic heterocycles. The van der Waals surface area contributed by atoms with Gasteiger partial charge in [0.2, 0.25) is 5.91 Å². The van der Waals surface area contributed by atoms with Gasteiger partial charge in [0, 0.05) is 24.4 Å². The van der Waals surface area contributed by atoms with E-state index in [9.17, 15) is 9.90 Å². The Bertz CT molecular complexity index is 912. The number of benzene rings is 2. The van der Waals surface area contributed by atoms with Gasteiger partial charge >= 0.3 is 0 Å². The van der Waals surface area contributed by atoms with Gasteiger partial charge in [0.1, 0.15) is 5.75 Å². The van der Waals surface area contributed by atoms with Gasteiger partial charge < -0.3 is 10.4 Å². The van der Waals surface area contributed by atoms with Crippen molar-refractivity contribution in [2.45, 2.75) is 56.9 Å². The van der Waals surface area contributed by atoms with E-state index in [0.29, 0.717) is 5.75 Å². The van der Waals surface area contributed by atoms with Crippen LogP contribution >= 0.6 is 0 Å². The Morgan fingerprint density at radius 3 is 2.45 bits per heavy atom. The van der Waals surface area contributed by atoms with Gasteiger partial charge in [-0.1, -0.05) is 55.3 Å². The normalized spacial score (nSPS) is 24.2. The van der Waals surface area contributed by atoms with E-state index in [2.05, 4.69) is 46.6 Å². The Labute approximate surface area is 185 Å². The van der Waals surface area contributed by atoms with E-state index in [1.54, 1.807) is 6.07 Å². The first-order valence-electron chi connectivity index (χ1n) is 11.9. The molecule has 1 amide bonds. The van der Waals surface area contributed by atoms with Gasteiger partial charge in [0.05, 0.1) is 0 Å². The van der Waals surface area contributed by atoms with Gasteiger partial charge in [-0.15, -0.1) is 0 Å². The number of piperidine rings is 1. The zero-order chi connectivity index (χ0) is 21.3. The van der Waals surface area contributed by atoms with Crippen molar-refractivity contribution >= 4 is 5.91 Å². The summed E-state index contributed by atoms with van der Waals surface area (Å²) in [5, 5.41) is 13.1. The second kappa shape index (κ2) is 8.31. The van der Waals surface area contributed by atoms with Crippen LogP contribution in [0.4, 0.5) is 0 Å². The fourth-order valence-corrected chi connectivity index (χ4v) is 6.13. The van der Waals surface area contributed by atoms with Crippen molar-refractivity contribution in [1.82, 2.24) is 10.2 Å². The first kappa shape index (κ1) is 20.6. The van der Waals surface area contributed by atoms with Gasteiger partial charge in [0.15, 0.2) is 0 Å². The standard InChI is InChI=1S/C27H34N2O2/c30-23-10-6-7-21(17-23)19-29-15-13-26(14-16-29)18-24(26)25(31)28-20-27(11-4-5-12-27)22-8-2-1-3-9-22/h1-3,6-10,17,24,30H,4-5,11-16,18-20H2,(H,28,31)/t24-/m0/s1. The Kier molecular flexibility index (Phi) is 5.51. The summed E-state index contributed by atoms with van der Waals surface area (Å²) in [6, 6.07) is 18.3. The van der Waals surface area contributed by atoms with E-state index in [4.69, 9.17) is 0 Å². The Hall–Kier alpha value is -2.33. The SMILES string of the molecule is O=C(NCC1(c2ccccc2)CCCC1)[C@@H]1CC12CCN(Cc1cccc(O)c1)CC2. The number of carbonyl (C=O) groups excluding carboxylic acids is 1. The highest BCUT2D eigenvalue weighted by atomic mass is 16.3. The Morgan fingerprint density at radius 1 is 1.00 bits per heavy atom. The van der Waals surface area contributed by atoms with E-state index < -0.39 is 0 Å². The Balaban J connectivity index is 1.14. The molecule has 0 unspecified atom stereocenters. The highest BCUT2D eigenvalue weighted by molar-refractivity contribution is 5.82. The van der Waals surface area contributed by atoms with Crippen LogP contribution in [0, 0.1) is 11.3 Å². The topological polar surface area (TPSA) is 52.6 Å². The van der Waals surface area contributed by atoms with Gasteiger partial charge in [-0.05, 0) is 73.9 Å². The molecule has 5 rings (SSSR count). The number of hydrogen-bond acceptors (Lipinski definition) is 3. The molecule has 1 heterocycles. The minimum atomic E-state index is 0.129. The molecule has 1 saturated heterocycles. The van der Waals surface area contributed by atoms with Crippen LogP contribution in [-0.4, -0.2) is 35.5 Å². The minimum Gasteiger partial charge on any atom is -0.508 e. The molecule has 2 aromatic carbocycles. The number of likely N-dealkylation sites (tertiary alicyclic amines) is 1.